The van der Waals surface area contributed by atoms with E-state index in [9.17, 15) is 0 Å². The van der Waals surface area contributed by atoms with Crippen LogP contribution in [0.4, 0.5) is 0 Å². The summed E-state index contributed by atoms with van der Waals surface area (Å²) in [4.78, 5) is 4.09. The summed E-state index contributed by atoms with van der Waals surface area (Å²) < 4.78 is 10.9. The summed E-state index contributed by atoms with van der Waals surface area (Å²) in [6, 6.07) is 10.9. The second-order valence-corrected chi connectivity index (χ2v) is 5.01. The van der Waals surface area contributed by atoms with Gasteiger partial charge in [0.15, 0.2) is 0 Å². The minimum atomic E-state index is 0.371. The van der Waals surface area contributed by atoms with Gasteiger partial charge in [0.2, 0.25) is 5.88 Å². The van der Waals surface area contributed by atoms with Crippen molar-refractivity contribution in [3.05, 3.63) is 64.0 Å². The summed E-state index contributed by atoms with van der Waals surface area (Å²) in [5.41, 5.74) is 1.93. The number of hydrogen-bond acceptors (Lipinski definition) is 3. The van der Waals surface area contributed by atoms with Gasteiger partial charge in [-0.1, -0.05) is 35.3 Å². The lowest BCUT2D eigenvalue weighted by atomic mass is 10.1. The molecule has 0 atom stereocenters. The molecule has 1 heterocycles. The second kappa shape index (κ2) is 7.91. The lowest BCUT2D eigenvalue weighted by Crippen LogP contribution is -1.99. The van der Waals surface area contributed by atoms with Gasteiger partial charge in [-0.25, -0.2) is 4.98 Å². The van der Waals surface area contributed by atoms with Gasteiger partial charge in [0, 0.05) is 11.1 Å². The van der Waals surface area contributed by atoms with Crippen LogP contribution in [-0.4, -0.2) is 11.6 Å². The lowest BCUT2D eigenvalue weighted by molar-refractivity contribution is 0.272. The number of halogens is 2. The predicted molar refractivity (Wildman–Crippen MR) is 85.7 cm³/mol. The first-order valence-corrected chi connectivity index (χ1v) is 7.26. The molecule has 0 spiro atoms. The fourth-order valence-electron chi connectivity index (χ4n) is 1.69. The third-order valence-electron chi connectivity index (χ3n) is 2.68. The minimum absolute atomic E-state index is 0.371. The summed E-state index contributed by atoms with van der Waals surface area (Å²) in [6.45, 7) is 2.92. The fourth-order valence-corrected chi connectivity index (χ4v) is 2.03. The maximum Gasteiger partial charge on any atom is 0.214 e. The van der Waals surface area contributed by atoms with Crippen LogP contribution in [0, 0.1) is 0 Å². The number of aromatic nitrogens is 1. The van der Waals surface area contributed by atoms with Crippen molar-refractivity contribution in [3.8, 4) is 5.88 Å². The van der Waals surface area contributed by atoms with E-state index in [1.165, 1.54) is 0 Å². The van der Waals surface area contributed by atoms with Gasteiger partial charge in [-0.15, -0.1) is 0 Å². The molecule has 0 aliphatic rings. The number of rotatable bonds is 6. The van der Waals surface area contributed by atoms with E-state index in [1.54, 1.807) is 24.5 Å². The molecule has 0 aliphatic heterocycles. The van der Waals surface area contributed by atoms with Gasteiger partial charge in [-0.3, -0.25) is 0 Å². The van der Waals surface area contributed by atoms with Crippen LogP contribution in [-0.2, 0) is 11.3 Å². The van der Waals surface area contributed by atoms with Crippen molar-refractivity contribution in [1.29, 1.82) is 0 Å². The van der Waals surface area contributed by atoms with E-state index in [4.69, 9.17) is 32.7 Å². The topological polar surface area (TPSA) is 31.4 Å². The Bertz CT molecular complexity index is 629. The number of benzene rings is 1. The molecule has 0 unspecified atom stereocenters. The molecule has 0 saturated carbocycles. The van der Waals surface area contributed by atoms with Gasteiger partial charge < -0.3 is 9.47 Å². The Kier molecular flexibility index (Phi) is 5.90. The van der Waals surface area contributed by atoms with E-state index in [0.29, 0.717) is 29.3 Å². The van der Waals surface area contributed by atoms with Crippen molar-refractivity contribution >= 4 is 29.3 Å². The zero-order chi connectivity index (χ0) is 15.1. The summed E-state index contributed by atoms with van der Waals surface area (Å²) in [5, 5.41) is 1.07. The molecule has 3 nitrogen and oxygen atoms in total. The molecule has 5 heteroatoms. The standard InChI is InChI=1S/C16H15Cl2NO2/c1-2-20-9-8-12-10-14(17)7-6-13(12)11-21-16-5-3-4-15(18)19-16/h3-10H,2,11H2,1H3. The first-order valence-electron chi connectivity index (χ1n) is 6.51. The Morgan fingerprint density at radius 1 is 1.19 bits per heavy atom. The first kappa shape index (κ1) is 15.7. The Morgan fingerprint density at radius 2 is 2.05 bits per heavy atom. The largest absolute Gasteiger partial charge is 0.501 e. The molecule has 0 amide bonds. The molecule has 1 aromatic heterocycles. The van der Waals surface area contributed by atoms with Crippen LogP contribution in [0.5, 0.6) is 5.88 Å². The Balaban J connectivity index is 2.11. The van der Waals surface area contributed by atoms with Gasteiger partial charge in [0.1, 0.15) is 11.8 Å². The average Bonchev–Trinajstić information content (AvgIpc) is 2.47. The van der Waals surface area contributed by atoms with E-state index in [1.807, 2.05) is 31.2 Å². The van der Waals surface area contributed by atoms with Crippen molar-refractivity contribution in [2.75, 3.05) is 6.61 Å². The number of ether oxygens (including phenoxy) is 2. The molecule has 0 saturated heterocycles. The molecule has 1 aromatic carbocycles. The van der Waals surface area contributed by atoms with Crippen LogP contribution < -0.4 is 4.74 Å². The zero-order valence-electron chi connectivity index (χ0n) is 11.6. The third-order valence-corrected chi connectivity index (χ3v) is 3.13. The Morgan fingerprint density at radius 3 is 2.81 bits per heavy atom. The summed E-state index contributed by atoms with van der Waals surface area (Å²) in [7, 11) is 0. The van der Waals surface area contributed by atoms with Gasteiger partial charge in [-0.2, -0.15) is 0 Å². The van der Waals surface area contributed by atoms with Gasteiger partial charge in [0.05, 0.1) is 12.9 Å². The fraction of sp³-hybridized carbons (Fsp3) is 0.188. The quantitative estimate of drug-likeness (QED) is 0.555. The molecule has 0 N–H and O–H groups in total. The number of hydrogen-bond donors (Lipinski definition) is 0. The highest BCUT2D eigenvalue weighted by atomic mass is 35.5. The highest BCUT2D eigenvalue weighted by Crippen LogP contribution is 2.20. The maximum absolute atomic E-state index is 6.02. The highest BCUT2D eigenvalue weighted by Gasteiger charge is 2.04. The molecule has 110 valence electrons. The van der Waals surface area contributed by atoms with Crippen LogP contribution in [0.1, 0.15) is 18.1 Å². The zero-order valence-corrected chi connectivity index (χ0v) is 13.1. The molecule has 0 aliphatic carbocycles. The maximum atomic E-state index is 6.02. The minimum Gasteiger partial charge on any atom is -0.501 e. The van der Waals surface area contributed by atoms with Gasteiger partial charge in [0.25, 0.3) is 0 Å². The smallest absolute Gasteiger partial charge is 0.214 e. The molecule has 0 bridgehead atoms. The molecule has 2 rings (SSSR count). The normalized spacial score (nSPS) is 10.8. The molecule has 0 fully saturated rings. The monoisotopic (exact) mass is 323 g/mol. The van der Waals surface area contributed by atoms with E-state index in [-0.39, 0.29) is 0 Å². The lowest BCUT2D eigenvalue weighted by Gasteiger charge is -2.09. The van der Waals surface area contributed by atoms with Gasteiger partial charge in [-0.05, 0) is 42.3 Å². The second-order valence-electron chi connectivity index (χ2n) is 4.19. The SMILES string of the molecule is CCOC=Cc1cc(Cl)ccc1COc1cccc(Cl)n1. The summed E-state index contributed by atoms with van der Waals surface area (Å²) in [5.74, 6) is 0.484. The molecular weight excluding hydrogens is 309 g/mol. The van der Waals surface area contributed by atoms with Crippen LogP contribution in [0.15, 0.2) is 42.7 Å². The average molecular weight is 324 g/mol. The molecule has 0 radical (unpaired) electrons. The van der Waals surface area contributed by atoms with Crippen molar-refractivity contribution in [3.63, 3.8) is 0 Å². The Labute approximate surface area is 134 Å². The number of nitrogens with zero attached hydrogens (tertiary/aromatic N) is 1. The van der Waals surface area contributed by atoms with Crippen LogP contribution in [0.2, 0.25) is 10.2 Å². The van der Waals surface area contributed by atoms with E-state index >= 15 is 0 Å². The van der Waals surface area contributed by atoms with Crippen molar-refractivity contribution < 1.29 is 9.47 Å². The van der Waals surface area contributed by atoms with Crippen molar-refractivity contribution in [1.82, 2.24) is 4.98 Å². The molecule has 21 heavy (non-hydrogen) atoms. The summed E-state index contributed by atoms with van der Waals surface area (Å²) in [6.07, 6.45) is 3.51. The van der Waals surface area contributed by atoms with Crippen molar-refractivity contribution in [2.24, 2.45) is 0 Å². The first-order chi connectivity index (χ1) is 10.2. The van der Waals surface area contributed by atoms with Crippen molar-refractivity contribution in [2.45, 2.75) is 13.5 Å². The van der Waals surface area contributed by atoms with Crippen LogP contribution >= 0.6 is 23.2 Å². The number of pyridine rings is 1. The third kappa shape index (κ3) is 4.96. The van der Waals surface area contributed by atoms with E-state index in [2.05, 4.69) is 4.98 Å². The van der Waals surface area contributed by atoms with E-state index in [0.717, 1.165) is 11.1 Å². The summed E-state index contributed by atoms with van der Waals surface area (Å²) >= 11 is 11.8. The molecule has 2 aromatic rings. The predicted octanol–water partition coefficient (Wildman–Crippen LogP) is 4.97. The Hall–Kier alpha value is -1.71. The highest BCUT2D eigenvalue weighted by molar-refractivity contribution is 6.30. The van der Waals surface area contributed by atoms with E-state index < -0.39 is 0 Å². The van der Waals surface area contributed by atoms with Crippen LogP contribution in [0.3, 0.4) is 0 Å². The van der Waals surface area contributed by atoms with Crippen LogP contribution in [0.25, 0.3) is 6.08 Å². The molecular formula is C16H15Cl2NO2. The van der Waals surface area contributed by atoms with Gasteiger partial charge >= 0.3 is 0 Å².